The highest BCUT2D eigenvalue weighted by molar-refractivity contribution is 9.11. The van der Waals surface area contributed by atoms with Crippen molar-refractivity contribution in [2.24, 2.45) is 5.92 Å². The third-order valence-electron chi connectivity index (χ3n) is 3.56. The van der Waals surface area contributed by atoms with E-state index in [0.29, 0.717) is 0 Å². The first-order valence-corrected chi connectivity index (χ1v) is 6.96. The Balaban J connectivity index is 2.46. The number of nitrogens with one attached hydrogen (secondary N) is 1. The highest BCUT2D eigenvalue weighted by Crippen LogP contribution is 2.36. The molecule has 4 unspecified atom stereocenters. The summed E-state index contributed by atoms with van der Waals surface area (Å²) in [5.74, 6) is -0.922. The van der Waals surface area contributed by atoms with Gasteiger partial charge in [-0.2, -0.15) is 0 Å². The van der Waals surface area contributed by atoms with Crippen LogP contribution >= 0.6 is 15.9 Å². The Bertz CT molecular complexity index is 627. The first kappa shape index (κ1) is 15.1. The van der Waals surface area contributed by atoms with Gasteiger partial charge in [0.2, 0.25) is 0 Å². The van der Waals surface area contributed by atoms with Gasteiger partial charge in [0, 0.05) is 12.1 Å². The molecule has 2 rings (SSSR count). The summed E-state index contributed by atoms with van der Waals surface area (Å²) in [6, 6.07) is -0.908. The minimum Gasteiger partial charge on any atom is -0.396 e. The van der Waals surface area contributed by atoms with Crippen molar-refractivity contribution in [3.63, 3.8) is 0 Å². The average Bonchev–Trinajstić information content (AvgIpc) is 2.68. The summed E-state index contributed by atoms with van der Waals surface area (Å²) in [5, 5.41) is 18.8. The highest BCUT2D eigenvalue weighted by Gasteiger charge is 2.44. The van der Waals surface area contributed by atoms with Crippen molar-refractivity contribution in [1.82, 2.24) is 9.55 Å². The molecule has 0 aliphatic heterocycles. The second kappa shape index (κ2) is 6.02. The fraction of sp³-hybridized carbons (Fsp3) is 0.500. The number of aliphatic hydroxyl groups excluding tert-OH is 2. The lowest BCUT2D eigenvalue weighted by Gasteiger charge is -2.18. The molecule has 0 aromatic carbocycles. The number of halogens is 2. The number of hydrogen-bond acceptors (Lipinski definition) is 4. The number of hydrogen-bond donors (Lipinski definition) is 3. The number of H-pyrrole nitrogens is 1. The molecular formula is C12H14BrFN2O4. The van der Waals surface area contributed by atoms with Crippen LogP contribution in [0.2, 0.25) is 0 Å². The average molecular weight is 349 g/mol. The van der Waals surface area contributed by atoms with Crippen molar-refractivity contribution < 1.29 is 14.6 Å². The molecule has 1 aliphatic carbocycles. The lowest BCUT2D eigenvalue weighted by atomic mass is 10.1. The summed E-state index contributed by atoms with van der Waals surface area (Å²) in [7, 11) is 0. The van der Waals surface area contributed by atoms with E-state index < -0.39 is 42.1 Å². The molecule has 110 valence electrons. The lowest BCUT2D eigenvalue weighted by molar-refractivity contribution is 0.0591. The summed E-state index contributed by atoms with van der Waals surface area (Å²) in [4.78, 5) is 26.9. The van der Waals surface area contributed by atoms with E-state index >= 15 is 0 Å². The van der Waals surface area contributed by atoms with Crippen LogP contribution in [0.3, 0.4) is 0 Å². The molecule has 1 aliphatic rings. The minimum atomic E-state index is -1.56. The molecule has 0 radical (unpaired) electrons. The van der Waals surface area contributed by atoms with Crippen molar-refractivity contribution in [3.05, 3.63) is 37.6 Å². The number of nitrogens with zero attached hydrogens (tertiary/aromatic N) is 1. The first-order valence-electron chi connectivity index (χ1n) is 6.04. The number of alkyl halides is 1. The Morgan fingerprint density at radius 3 is 2.80 bits per heavy atom. The zero-order valence-corrected chi connectivity index (χ0v) is 12.0. The molecular weight excluding hydrogens is 335 g/mol. The fourth-order valence-corrected chi connectivity index (χ4v) is 2.76. The molecule has 1 fully saturated rings. The maximum absolute atomic E-state index is 14.2. The Morgan fingerprint density at radius 2 is 2.25 bits per heavy atom. The van der Waals surface area contributed by atoms with Crippen LogP contribution in [0.5, 0.6) is 0 Å². The first-order chi connectivity index (χ1) is 9.49. The monoisotopic (exact) mass is 348 g/mol. The molecule has 0 bridgehead atoms. The van der Waals surface area contributed by atoms with E-state index in [-0.39, 0.29) is 12.0 Å². The molecule has 1 aromatic heterocycles. The second-order valence-electron chi connectivity index (χ2n) is 4.70. The third kappa shape index (κ3) is 2.63. The predicted octanol–water partition coefficient (Wildman–Crippen LogP) is 0.155. The number of rotatable bonds is 3. The van der Waals surface area contributed by atoms with E-state index in [1.54, 1.807) is 0 Å². The van der Waals surface area contributed by atoms with Gasteiger partial charge >= 0.3 is 5.69 Å². The van der Waals surface area contributed by atoms with Gasteiger partial charge in [-0.05, 0) is 17.5 Å². The normalized spacial score (nSPS) is 30.2. The Hall–Kier alpha value is -1.25. The van der Waals surface area contributed by atoms with E-state index in [1.165, 1.54) is 17.3 Å². The van der Waals surface area contributed by atoms with E-state index in [9.17, 15) is 19.1 Å². The zero-order valence-electron chi connectivity index (χ0n) is 10.4. The Kier molecular flexibility index (Phi) is 4.56. The molecule has 3 N–H and O–H groups in total. The van der Waals surface area contributed by atoms with E-state index in [1.807, 2.05) is 0 Å². The van der Waals surface area contributed by atoms with Gasteiger partial charge in [-0.25, -0.2) is 9.18 Å². The van der Waals surface area contributed by atoms with Gasteiger partial charge in [-0.15, -0.1) is 0 Å². The number of aromatic amines is 1. The minimum absolute atomic E-state index is 0.00973. The lowest BCUT2D eigenvalue weighted by Crippen LogP contribution is -2.36. The Labute approximate surface area is 121 Å². The summed E-state index contributed by atoms with van der Waals surface area (Å²) in [5.41, 5.74) is -1.12. The van der Waals surface area contributed by atoms with Gasteiger partial charge in [0.05, 0.1) is 24.3 Å². The van der Waals surface area contributed by atoms with Gasteiger partial charge in [0.1, 0.15) is 6.17 Å². The largest absolute Gasteiger partial charge is 0.396 e. The maximum atomic E-state index is 14.2. The molecule has 0 amide bonds. The highest BCUT2D eigenvalue weighted by atomic mass is 79.9. The van der Waals surface area contributed by atoms with Gasteiger partial charge in [0.15, 0.2) is 0 Å². The van der Waals surface area contributed by atoms with E-state index in [2.05, 4.69) is 20.9 Å². The fourth-order valence-electron chi connectivity index (χ4n) is 2.47. The van der Waals surface area contributed by atoms with E-state index in [0.717, 1.165) is 4.57 Å². The summed E-state index contributed by atoms with van der Waals surface area (Å²) in [6.07, 6.45) is 0.114. The van der Waals surface area contributed by atoms with Crippen molar-refractivity contribution in [1.29, 1.82) is 0 Å². The third-order valence-corrected chi connectivity index (χ3v) is 3.82. The van der Waals surface area contributed by atoms with Gasteiger partial charge < -0.3 is 10.2 Å². The van der Waals surface area contributed by atoms with Gasteiger partial charge in [-0.3, -0.25) is 14.3 Å². The van der Waals surface area contributed by atoms with E-state index in [4.69, 9.17) is 5.11 Å². The summed E-state index contributed by atoms with van der Waals surface area (Å²) >= 11 is 3.02. The molecule has 6 nitrogen and oxygen atoms in total. The summed E-state index contributed by atoms with van der Waals surface area (Å²) in [6.45, 7) is -0.495. The summed E-state index contributed by atoms with van der Waals surface area (Å²) < 4.78 is 15.3. The maximum Gasteiger partial charge on any atom is 0.328 e. The van der Waals surface area contributed by atoms with Crippen LogP contribution in [0, 0.1) is 5.92 Å². The second-order valence-corrected chi connectivity index (χ2v) is 5.23. The molecule has 0 saturated heterocycles. The number of aliphatic hydroxyl groups is 2. The van der Waals surface area contributed by atoms with Crippen LogP contribution in [-0.2, 0) is 0 Å². The molecule has 20 heavy (non-hydrogen) atoms. The molecule has 0 spiro atoms. The molecule has 1 aromatic rings. The smallest absolute Gasteiger partial charge is 0.328 e. The molecule has 1 heterocycles. The standard InChI is InChI=1S/C12H14BrFN2O4/c13-2-1-6-4-16(12(20)15-11(6)19)8-3-9(18)7(5-17)10(8)14/h1-2,4,7-10,17-18H,3,5H2,(H,15,19,20)/b2-1+. The van der Waals surface area contributed by atoms with Crippen molar-refractivity contribution in [2.75, 3.05) is 6.61 Å². The van der Waals surface area contributed by atoms with Crippen molar-refractivity contribution in [2.45, 2.75) is 24.7 Å². The van der Waals surface area contributed by atoms with Gasteiger partial charge in [0.25, 0.3) is 5.56 Å². The quantitative estimate of drug-likeness (QED) is 0.724. The Morgan fingerprint density at radius 1 is 1.55 bits per heavy atom. The van der Waals surface area contributed by atoms with Crippen molar-refractivity contribution >= 4 is 22.0 Å². The molecule has 8 heteroatoms. The van der Waals surface area contributed by atoms with Crippen LogP contribution in [0.1, 0.15) is 18.0 Å². The SMILES string of the molecule is O=c1[nH]c(=O)n(C2CC(O)C(CO)C2F)cc1/C=C/Br. The van der Waals surface area contributed by atoms with Crippen LogP contribution in [0.4, 0.5) is 4.39 Å². The molecule has 1 saturated carbocycles. The number of aromatic nitrogens is 2. The predicted molar refractivity (Wildman–Crippen MR) is 74.4 cm³/mol. The van der Waals surface area contributed by atoms with Crippen LogP contribution in [0.25, 0.3) is 6.08 Å². The van der Waals surface area contributed by atoms with Gasteiger partial charge in [-0.1, -0.05) is 15.9 Å². The topological polar surface area (TPSA) is 95.3 Å². The van der Waals surface area contributed by atoms with Crippen LogP contribution in [-0.4, -0.2) is 38.6 Å². The zero-order chi connectivity index (χ0) is 14.9. The van der Waals surface area contributed by atoms with Crippen LogP contribution in [0.15, 0.2) is 20.8 Å². The van der Waals surface area contributed by atoms with Crippen LogP contribution < -0.4 is 11.2 Å². The van der Waals surface area contributed by atoms with Crippen molar-refractivity contribution in [3.8, 4) is 0 Å². The molecule has 4 atom stereocenters.